The number of nitrogens with one attached hydrogen (secondary N) is 2. The number of hydrogen-bond acceptors (Lipinski definition) is 9. The molecule has 3 aromatic heterocycles. The van der Waals surface area contributed by atoms with Gasteiger partial charge in [-0.25, -0.2) is 9.97 Å². The molecular weight excluding hydrogens is 384 g/mol. The molecule has 0 saturated carbocycles. The van der Waals surface area contributed by atoms with Crippen LogP contribution in [0.2, 0.25) is 0 Å². The monoisotopic (exact) mass is 402 g/mol. The van der Waals surface area contributed by atoms with Crippen molar-refractivity contribution in [3.05, 3.63) is 39.0 Å². The minimum Gasteiger partial charge on any atom is -0.480 e. The number of thiazole rings is 1. The molecule has 1 amide bonds. The highest BCUT2D eigenvalue weighted by Crippen LogP contribution is 2.28. The molecule has 3 aromatic rings. The quantitative estimate of drug-likeness (QED) is 0.654. The van der Waals surface area contributed by atoms with Crippen molar-refractivity contribution >= 4 is 38.8 Å². The summed E-state index contributed by atoms with van der Waals surface area (Å²) in [5.74, 6) is 0.0988. The summed E-state index contributed by atoms with van der Waals surface area (Å²) in [4.78, 5) is 21.7. The summed E-state index contributed by atoms with van der Waals surface area (Å²) in [6, 6.07) is 1.89. The first-order chi connectivity index (χ1) is 13.2. The predicted octanol–water partition coefficient (Wildman–Crippen LogP) is 2.77. The standard InChI is InChI=1S/C17H18N6O2S2/c1-18-16-23-22-13(27-16)7-10-8-26-17(19-10)21-14(24)11-6-9-4-3-5-12(9)20-15(11)25-2/h6,8H,3-5,7H2,1-2H3,(H,18,23)(H,19,21,24). The number of aryl methyl sites for hydroxylation is 2. The lowest BCUT2D eigenvalue weighted by molar-refractivity contribution is 0.102. The van der Waals surface area contributed by atoms with Crippen LogP contribution in [0.25, 0.3) is 0 Å². The van der Waals surface area contributed by atoms with Crippen molar-refractivity contribution in [2.75, 3.05) is 24.8 Å². The molecule has 0 saturated heterocycles. The van der Waals surface area contributed by atoms with Gasteiger partial charge in [0.1, 0.15) is 10.6 Å². The first-order valence-corrected chi connectivity index (χ1v) is 10.2. The number of methoxy groups -OCH3 is 1. The van der Waals surface area contributed by atoms with E-state index in [9.17, 15) is 4.79 Å². The summed E-state index contributed by atoms with van der Waals surface area (Å²) in [5, 5.41) is 18.0. The van der Waals surface area contributed by atoms with Crippen LogP contribution in [0.5, 0.6) is 5.88 Å². The molecule has 0 aromatic carbocycles. The summed E-state index contributed by atoms with van der Waals surface area (Å²) in [5.41, 5.74) is 3.43. The van der Waals surface area contributed by atoms with Gasteiger partial charge in [-0.3, -0.25) is 10.1 Å². The summed E-state index contributed by atoms with van der Waals surface area (Å²) < 4.78 is 5.32. The maximum atomic E-state index is 12.7. The second-order valence-electron chi connectivity index (χ2n) is 6.03. The van der Waals surface area contributed by atoms with Gasteiger partial charge in [-0.05, 0) is 30.9 Å². The largest absolute Gasteiger partial charge is 0.480 e. The second kappa shape index (κ2) is 7.57. The molecule has 10 heteroatoms. The van der Waals surface area contributed by atoms with Crippen LogP contribution >= 0.6 is 22.7 Å². The lowest BCUT2D eigenvalue weighted by atomic mass is 10.1. The molecule has 0 aliphatic heterocycles. The van der Waals surface area contributed by atoms with Gasteiger partial charge < -0.3 is 10.1 Å². The van der Waals surface area contributed by atoms with Crippen molar-refractivity contribution in [2.24, 2.45) is 0 Å². The molecule has 2 N–H and O–H groups in total. The number of carbonyl (C=O) groups is 1. The van der Waals surface area contributed by atoms with E-state index in [2.05, 4.69) is 30.8 Å². The second-order valence-corrected chi connectivity index (χ2v) is 7.95. The zero-order valence-corrected chi connectivity index (χ0v) is 16.5. The van der Waals surface area contributed by atoms with E-state index in [0.29, 0.717) is 23.0 Å². The molecule has 0 fully saturated rings. The molecule has 0 spiro atoms. The van der Waals surface area contributed by atoms with E-state index in [1.165, 1.54) is 29.8 Å². The number of anilines is 2. The molecule has 27 heavy (non-hydrogen) atoms. The molecular formula is C17H18N6O2S2. The lowest BCUT2D eigenvalue weighted by Crippen LogP contribution is -2.15. The number of nitrogens with zero attached hydrogens (tertiary/aromatic N) is 4. The SMILES string of the molecule is CNc1nnc(Cc2csc(NC(=O)c3cc4c(nc3OC)CCC4)n2)s1. The van der Waals surface area contributed by atoms with Gasteiger partial charge in [0.25, 0.3) is 5.91 Å². The van der Waals surface area contributed by atoms with Crippen LogP contribution in [0.1, 0.15) is 38.7 Å². The number of ether oxygens (including phenoxy) is 1. The fourth-order valence-corrected chi connectivity index (χ4v) is 4.38. The highest BCUT2D eigenvalue weighted by Gasteiger charge is 2.21. The van der Waals surface area contributed by atoms with Gasteiger partial charge in [0.15, 0.2) is 5.13 Å². The molecule has 3 heterocycles. The average Bonchev–Trinajstić information content (AvgIpc) is 3.41. The van der Waals surface area contributed by atoms with Crippen LogP contribution in [0.4, 0.5) is 10.3 Å². The molecule has 0 unspecified atom stereocenters. The third-order valence-electron chi connectivity index (χ3n) is 4.24. The molecule has 0 bridgehead atoms. The third kappa shape index (κ3) is 3.76. The molecule has 0 atom stereocenters. The van der Waals surface area contributed by atoms with Crippen molar-refractivity contribution in [3.8, 4) is 5.88 Å². The Hall–Kier alpha value is -2.59. The van der Waals surface area contributed by atoms with Crippen molar-refractivity contribution in [3.63, 3.8) is 0 Å². The van der Waals surface area contributed by atoms with Gasteiger partial charge in [-0.2, -0.15) is 0 Å². The number of rotatable bonds is 6. The van der Waals surface area contributed by atoms with Gasteiger partial charge in [-0.15, -0.1) is 21.5 Å². The third-order valence-corrected chi connectivity index (χ3v) is 5.99. The summed E-state index contributed by atoms with van der Waals surface area (Å²) in [6.45, 7) is 0. The fourth-order valence-electron chi connectivity index (χ4n) is 2.96. The maximum absolute atomic E-state index is 12.7. The van der Waals surface area contributed by atoms with Crippen LogP contribution < -0.4 is 15.4 Å². The Morgan fingerprint density at radius 1 is 1.26 bits per heavy atom. The smallest absolute Gasteiger partial charge is 0.262 e. The predicted molar refractivity (Wildman–Crippen MR) is 105 cm³/mol. The van der Waals surface area contributed by atoms with Gasteiger partial charge >= 0.3 is 0 Å². The molecule has 4 rings (SSSR count). The number of amides is 1. The Morgan fingerprint density at radius 2 is 2.15 bits per heavy atom. The number of hydrogen-bond donors (Lipinski definition) is 2. The van der Waals surface area contributed by atoms with Crippen molar-refractivity contribution in [1.82, 2.24) is 20.2 Å². The van der Waals surface area contributed by atoms with E-state index in [0.717, 1.165) is 46.4 Å². The molecule has 0 radical (unpaired) electrons. The van der Waals surface area contributed by atoms with Gasteiger partial charge in [0.2, 0.25) is 11.0 Å². The molecule has 140 valence electrons. The highest BCUT2D eigenvalue weighted by atomic mass is 32.1. The lowest BCUT2D eigenvalue weighted by Gasteiger charge is -2.09. The van der Waals surface area contributed by atoms with Crippen molar-refractivity contribution in [1.29, 1.82) is 0 Å². The number of carbonyl (C=O) groups excluding carboxylic acids is 1. The van der Waals surface area contributed by atoms with E-state index in [-0.39, 0.29) is 5.91 Å². The number of fused-ring (bicyclic) bond motifs is 1. The van der Waals surface area contributed by atoms with E-state index in [1.807, 2.05) is 18.5 Å². The van der Waals surface area contributed by atoms with Crippen molar-refractivity contribution in [2.45, 2.75) is 25.7 Å². The van der Waals surface area contributed by atoms with Gasteiger partial charge in [0.05, 0.1) is 12.8 Å². The minimum atomic E-state index is -0.261. The Balaban J connectivity index is 1.48. The average molecular weight is 403 g/mol. The fraction of sp³-hybridized carbons (Fsp3) is 0.353. The van der Waals surface area contributed by atoms with Crippen LogP contribution in [-0.4, -0.2) is 40.2 Å². The normalized spacial score (nSPS) is 12.7. The number of aromatic nitrogens is 4. The molecule has 1 aliphatic carbocycles. The summed E-state index contributed by atoms with van der Waals surface area (Å²) >= 11 is 2.86. The Kier molecular flexibility index (Phi) is 4.99. The Morgan fingerprint density at radius 3 is 2.93 bits per heavy atom. The van der Waals surface area contributed by atoms with E-state index < -0.39 is 0 Å². The van der Waals surface area contributed by atoms with E-state index >= 15 is 0 Å². The summed E-state index contributed by atoms with van der Waals surface area (Å²) in [6.07, 6.45) is 3.53. The summed E-state index contributed by atoms with van der Waals surface area (Å²) in [7, 11) is 3.34. The Labute approximate surface area is 164 Å². The van der Waals surface area contributed by atoms with Crippen LogP contribution in [0, 0.1) is 0 Å². The minimum absolute atomic E-state index is 0.261. The van der Waals surface area contributed by atoms with Crippen LogP contribution in [0.3, 0.4) is 0 Å². The number of pyridine rings is 1. The van der Waals surface area contributed by atoms with Crippen molar-refractivity contribution < 1.29 is 9.53 Å². The zero-order valence-electron chi connectivity index (χ0n) is 14.9. The Bertz CT molecular complexity index is 984. The van der Waals surface area contributed by atoms with Gasteiger partial charge in [0, 0.05) is 24.5 Å². The van der Waals surface area contributed by atoms with Crippen LogP contribution in [-0.2, 0) is 19.3 Å². The van der Waals surface area contributed by atoms with Gasteiger partial charge in [-0.1, -0.05) is 11.3 Å². The first-order valence-electron chi connectivity index (χ1n) is 8.49. The molecule has 8 nitrogen and oxygen atoms in total. The topological polar surface area (TPSA) is 102 Å². The first kappa shape index (κ1) is 17.8. The maximum Gasteiger partial charge on any atom is 0.262 e. The molecule has 1 aliphatic rings. The zero-order chi connectivity index (χ0) is 18.8. The van der Waals surface area contributed by atoms with E-state index in [4.69, 9.17) is 4.74 Å². The van der Waals surface area contributed by atoms with E-state index in [1.54, 1.807) is 0 Å². The highest BCUT2D eigenvalue weighted by molar-refractivity contribution is 7.15. The van der Waals surface area contributed by atoms with Crippen LogP contribution in [0.15, 0.2) is 11.4 Å².